The molecule has 7 heteroatoms. The Morgan fingerprint density at radius 3 is 0.650 bits per heavy atom. The minimum atomic E-state index is 0. The molecule has 0 aromatic heterocycles. The third-order valence-electron chi connectivity index (χ3n) is 10.1. The summed E-state index contributed by atoms with van der Waals surface area (Å²) in [5.74, 6) is 0.535. The van der Waals surface area contributed by atoms with Crippen molar-refractivity contribution < 1.29 is 217 Å². The Hall–Kier alpha value is -0.228. The van der Waals surface area contributed by atoms with E-state index in [9.17, 15) is 0 Å². The molecule has 0 aliphatic rings. The van der Waals surface area contributed by atoms with E-state index in [4.69, 9.17) is 0 Å². The van der Waals surface area contributed by atoms with Crippen LogP contribution in [0.3, 0.4) is 0 Å². The van der Waals surface area contributed by atoms with E-state index in [-0.39, 0.29) is 269 Å². The molecular formula is C93H148WY6-6. The molecular weight excluding hydrogens is 1830 g/mol. The van der Waals surface area contributed by atoms with Crippen LogP contribution in [0, 0.1) is 65.0 Å². The van der Waals surface area contributed by atoms with Crippen LogP contribution in [-0.2, 0) is 224 Å². The minimum Gasteiger partial charge on any atom is -0.358 e. The van der Waals surface area contributed by atoms with Gasteiger partial charge in [0.05, 0.1) is 0 Å². The van der Waals surface area contributed by atoms with Gasteiger partial charge in [0.1, 0.15) is 0 Å². The first-order valence-electron chi connectivity index (χ1n) is 33.1. The van der Waals surface area contributed by atoms with Crippen molar-refractivity contribution in [2.75, 3.05) is 0 Å². The summed E-state index contributed by atoms with van der Waals surface area (Å²) >= 11 is 0. The van der Waals surface area contributed by atoms with Gasteiger partial charge in [-0.3, -0.25) is 0 Å². The fourth-order valence-electron chi connectivity index (χ4n) is 6.65. The van der Waals surface area contributed by atoms with Crippen molar-refractivity contribution in [1.29, 1.82) is 0 Å². The first-order chi connectivity index (χ1) is 42.5. The number of fused-ring (bicyclic) bond motifs is 2. The van der Waals surface area contributed by atoms with Gasteiger partial charge < -0.3 is 52.0 Å². The van der Waals surface area contributed by atoms with Crippen LogP contribution in [0.2, 0.25) is 0 Å². The smallest absolute Gasteiger partial charge is 0.358 e. The van der Waals surface area contributed by atoms with Crippen LogP contribution in [0.5, 0.6) is 0 Å². The van der Waals surface area contributed by atoms with Crippen LogP contribution in [0.15, 0.2) is 285 Å². The zero-order valence-corrected chi connectivity index (χ0v) is 90.2. The van der Waals surface area contributed by atoms with Crippen molar-refractivity contribution in [3.05, 3.63) is 371 Å². The number of hydrogen-bond donors (Lipinski definition) is 0. The van der Waals surface area contributed by atoms with Gasteiger partial charge in [0.2, 0.25) is 0 Å². The van der Waals surface area contributed by atoms with Crippen molar-refractivity contribution in [2.24, 2.45) is 0 Å². The molecule has 0 unspecified atom stereocenters. The van der Waals surface area contributed by atoms with Crippen molar-refractivity contribution in [2.45, 2.75) is 191 Å². The predicted molar refractivity (Wildman–Crippen MR) is 449 cm³/mol. The molecule has 6 radical (unpaired) electrons. The maximum Gasteiger partial charge on any atom is 2.00 e. The Balaban J connectivity index is -0.0000000362. The van der Waals surface area contributed by atoms with E-state index < -0.39 is 0 Å². The van der Waals surface area contributed by atoms with Gasteiger partial charge >= 0.3 is 21.1 Å². The topological polar surface area (TPSA) is 0 Å². The second-order valence-corrected chi connectivity index (χ2v) is 15.7. The number of allylic oxidation sites excluding steroid dienone is 1. The van der Waals surface area contributed by atoms with Crippen LogP contribution in [-0.4, -0.2) is 0 Å². The summed E-state index contributed by atoms with van der Waals surface area (Å²) in [7, 11) is 0. The molecule has 0 aliphatic carbocycles. The van der Waals surface area contributed by atoms with Crippen molar-refractivity contribution in [3.8, 4) is 0 Å². The maximum absolute atomic E-state index is 2.89. The molecule has 10 aromatic rings. The van der Waals surface area contributed by atoms with E-state index in [0.717, 1.165) is 12.8 Å². The summed E-state index contributed by atoms with van der Waals surface area (Å²) in [5, 5.41) is 5.24. The summed E-state index contributed by atoms with van der Waals surface area (Å²) in [6.45, 7) is 48.8. The Morgan fingerprint density at radius 1 is 0.290 bits per heavy atom. The van der Waals surface area contributed by atoms with Crippen LogP contribution in [0.25, 0.3) is 27.6 Å². The number of rotatable bonds is 5. The normalized spacial score (nSPS) is 7.05. The molecule has 0 N–H and O–H groups in total. The van der Waals surface area contributed by atoms with Gasteiger partial charge in [0.15, 0.2) is 0 Å². The average Bonchev–Trinajstić information content (AvgIpc) is 0.886. The quantitative estimate of drug-likeness (QED) is 0.151. The van der Waals surface area contributed by atoms with E-state index in [0.29, 0.717) is 5.92 Å². The Kier molecular flexibility index (Phi) is 222. The van der Waals surface area contributed by atoms with Gasteiger partial charge in [-0.2, -0.15) is 36.4 Å². The first-order valence-corrected chi connectivity index (χ1v) is 33.1. The molecule has 0 amide bonds. The molecule has 0 heterocycles. The minimum absolute atomic E-state index is 0. The SMILES string of the molecule is CC.CC.CC.CC.CC.CC.CC.CC.CC.CC=Cc1ccccc1.CCC.CCC(c1ccccc1)c1ccccc1.CCc1ccccc1.Cc1ccccc1.[CH3-].[CH3-].[CH3-].[CH3-].[CH3-].[CH3-].[CH3-].[W+2].[Y].[Y].[Y].[Y].[Y].[Y].[c-]1ccccc1.c1ccc2ccccc2c1.c1ccc2ccccc2c1. The zero-order chi connectivity index (χ0) is 66.5. The van der Waals surface area contributed by atoms with Gasteiger partial charge in [-0.15, -0.1) is 0 Å². The van der Waals surface area contributed by atoms with Gasteiger partial charge in [-0.25, -0.2) is 0 Å². The fraction of sp³-hybridized carbons (Fsp3) is 0.301. The molecule has 10 aromatic carbocycles. The summed E-state index contributed by atoms with van der Waals surface area (Å²) < 4.78 is 0. The predicted octanol–water partition coefficient (Wildman–Crippen LogP) is 32.1. The van der Waals surface area contributed by atoms with E-state index in [1.807, 2.05) is 210 Å². The van der Waals surface area contributed by atoms with E-state index in [1.165, 1.54) is 55.8 Å². The molecule has 0 bridgehead atoms. The van der Waals surface area contributed by atoms with Crippen LogP contribution >= 0.6 is 0 Å². The molecule has 0 spiro atoms. The van der Waals surface area contributed by atoms with Gasteiger partial charge in [0, 0.05) is 202 Å². The second kappa shape index (κ2) is 141. The van der Waals surface area contributed by atoms with Crippen molar-refractivity contribution in [3.63, 3.8) is 0 Å². The monoisotopic (exact) mass is 1980 g/mol. The molecule has 550 valence electrons. The maximum atomic E-state index is 2.89. The first kappa shape index (κ1) is 157. The Morgan fingerprint density at radius 2 is 0.490 bits per heavy atom. The number of aryl methyl sites for hydroxylation is 2. The summed E-state index contributed by atoms with van der Waals surface area (Å²) in [6, 6.07) is 98.3. The molecule has 0 saturated heterocycles. The van der Waals surface area contributed by atoms with Crippen LogP contribution in [0.4, 0.5) is 0 Å². The Bertz CT molecular complexity index is 2450. The van der Waals surface area contributed by atoms with E-state index in [2.05, 4.69) is 253 Å². The molecule has 100 heavy (non-hydrogen) atoms. The van der Waals surface area contributed by atoms with Crippen molar-refractivity contribution >= 4 is 27.6 Å². The fourth-order valence-corrected chi connectivity index (χ4v) is 6.65. The van der Waals surface area contributed by atoms with Crippen LogP contribution < -0.4 is 0 Å². The second-order valence-electron chi connectivity index (χ2n) is 15.7. The molecule has 0 fully saturated rings. The largest absolute Gasteiger partial charge is 2.00 e. The number of hydrogen-bond acceptors (Lipinski definition) is 0. The molecule has 10 rings (SSSR count). The molecule has 0 aliphatic heterocycles. The third kappa shape index (κ3) is 97.8. The Labute approximate surface area is 795 Å². The van der Waals surface area contributed by atoms with Gasteiger partial charge in [-0.1, -0.05) is 425 Å². The molecule has 0 nitrogen and oxygen atoms in total. The third-order valence-corrected chi connectivity index (χ3v) is 10.1. The average molecular weight is 1980 g/mol. The number of benzene rings is 10. The summed E-state index contributed by atoms with van der Waals surface area (Å²) in [4.78, 5) is 0. The van der Waals surface area contributed by atoms with E-state index >= 15 is 0 Å². The molecule has 0 saturated carbocycles. The van der Waals surface area contributed by atoms with E-state index in [1.54, 1.807) is 0 Å². The molecule has 0 atom stereocenters. The zero-order valence-electron chi connectivity index (χ0n) is 70.3. The summed E-state index contributed by atoms with van der Waals surface area (Å²) in [5.41, 5.74) is 6.81. The van der Waals surface area contributed by atoms with Crippen LogP contribution in [0.1, 0.15) is 206 Å². The van der Waals surface area contributed by atoms with Crippen molar-refractivity contribution in [1.82, 2.24) is 0 Å². The van der Waals surface area contributed by atoms with Gasteiger partial charge in [-0.05, 0) is 70.5 Å². The standard InChI is InChI=1S/C15H16.2C10H8.C9H10.C8H10.C7H8.C6H5.C3H8.9C2H6.7CH3.W.6Y/c1-2-15(13-9-5-3-6-10-13)14-11-7-4-8-12-14;2*1-2-6-10-8-4-3-7-9(10)5-1;1-2-6-9-7-4-3-5-8-9;1-2-8-6-4-3-5-7-8;1-7-5-3-2-4-6-7;1-2-4-6-5-3-1;1-3-2;9*1-2;;;;;;;;;;;;;;/h3-12,15H,2H2,1H3;2*1-8H;2-8H,1H3;3-7H,2H2,1H3;2-6H,1H3;1-5H;3H2,1-2H3;9*1-2H3;7*1H3;;;;;;;/q;;;;;;-1;;;;;;;;;;;7*-1;+2;;;;;;. The summed E-state index contributed by atoms with van der Waals surface area (Å²) in [6.07, 6.45) is 7.66. The van der Waals surface area contributed by atoms with Gasteiger partial charge in [0.25, 0.3) is 0 Å².